The van der Waals surface area contributed by atoms with Crippen molar-refractivity contribution in [2.45, 2.75) is 69.0 Å². The summed E-state index contributed by atoms with van der Waals surface area (Å²) in [5, 5.41) is 21.2. The number of Topliss-reactive ketones (excluding diaryl/α,β-unsaturated/α-hetero) is 1. The second-order valence-electron chi connectivity index (χ2n) is 10.0. The fourth-order valence-corrected chi connectivity index (χ4v) is 7.39. The molecule has 0 aliphatic heterocycles. The molecule has 0 saturated heterocycles. The van der Waals surface area contributed by atoms with E-state index in [4.69, 9.17) is 16.3 Å². The molecule has 4 aliphatic rings. The second-order valence-corrected chi connectivity index (χ2v) is 10.5. The number of rotatable bonds is 3. The molecule has 3 saturated carbocycles. The van der Waals surface area contributed by atoms with Crippen LogP contribution in [0.1, 0.15) is 40.0 Å². The summed E-state index contributed by atoms with van der Waals surface area (Å²) in [6.07, 6.45) is -0.186. The van der Waals surface area contributed by atoms with Gasteiger partial charge in [0.1, 0.15) is 11.8 Å². The number of alkyl halides is 3. The Hall–Kier alpha value is -1.64. The lowest BCUT2D eigenvalue weighted by atomic mass is 9.44. The molecule has 4 rings (SSSR count). The lowest BCUT2D eigenvalue weighted by molar-refractivity contribution is -0.220. The Labute approximate surface area is 189 Å². The number of allylic oxidation sites excluding steroid dienone is 4. The lowest BCUT2D eigenvalue weighted by Gasteiger charge is -2.64. The van der Waals surface area contributed by atoms with Crippen LogP contribution in [0.2, 0.25) is 0 Å². The Morgan fingerprint density at radius 3 is 2.62 bits per heavy atom. The van der Waals surface area contributed by atoms with Crippen LogP contribution in [0.4, 0.5) is 8.78 Å². The van der Waals surface area contributed by atoms with Crippen LogP contribution in [0.15, 0.2) is 23.8 Å². The summed E-state index contributed by atoms with van der Waals surface area (Å²) in [5.41, 5.74) is -7.44. The van der Waals surface area contributed by atoms with Gasteiger partial charge in [-0.3, -0.25) is 14.4 Å². The molecule has 6 nitrogen and oxygen atoms in total. The fraction of sp³-hybridized carbons (Fsp3) is 0.696. The van der Waals surface area contributed by atoms with Crippen molar-refractivity contribution in [2.75, 3.05) is 6.61 Å². The van der Waals surface area contributed by atoms with Gasteiger partial charge in [-0.1, -0.05) is 13.0 Å². The fourth-order valence-electron chi connectivity index (χ4n) is 6.89. The molecule has 2 N–H and O–H groups in total. The summed E-state index contributed by atoms with van der Waals surface area (Å²) >= 11 is 6.49. The van der Waals surface area contributed by atoms with Gasteiger partial charge in [-0.05, 0) is 49.8 Å². The van der Waals surface area contributed by atoms with Crippen molar-refractivity contribution in [2.24, 2.45) is 22.7 Å². The maximum atomic E-state index is 17.1. The maximum Gasteiger partial charge on any atom is 0.303 e. The number of ether oxygens (including phenoxy) is 1. The number of aliphatic hydroxyl groups is 2. The Morgan fingerprint density at radius 2 is 2.00 bits per heavy atom. The number of hydrogen-bond donors (Lipinski definition) is 2. The normalized spacial score (nSPS) is 49.6. The standard InChI is InChI=1S/C23H27ClF2O6/c1-11(27)32-10-16(30)22(31)7-5-13-17-18(24)19(25)14-8-12(28)4-6-20(14,2)23(17,26)15(29)9-21(13,22)3/h4,6,8,13,15,17-19,29,31H,5,7,9-10H2,1-3H3/t13-,15-,17+,18-,19-,20-,21-,22-,23+/m0/s1. The van der Waals surface area contributed by atoms with Crippen LogP contribution >= 0.6 is 11.6 Å². The molecule has 0 amide bonds. The van der Waals surface area contributed by atoms with Gasteiger partial charge in [0.25, 0.3) is 0 Å². The van der Waals surface area contributed by atoms with E-state index in [0.717, 1.165) is 19.1 Å². The molecule has 0 unspecified atom stereocenters. The minimum absolute atomic E-state index is 0.0537. The van der Waals surface area contributed by atoms with Crippen LogP contribution in [0.5, 0.6) is 0 Å². The van der Waals surface area contributed by atoms with Crippen molar-refractivity contribution in [1.82, 2.24) is 0 Å². The zero-order valence-corrected chi connectivity index (χ0v) is 18.9. The largest absolute Gasteiger partial charge is 0.458 e. The summed E-state index contributed by atoms with van der Waals surface area (Å²) in [7, 11) is 0. The van der Waals surface area contributed by atoms with Crippen LogP contribution in [-0.4, -0.2) is 63.3 Å². The van der Waals surface area contributed by atoms with E-state index in [-0.39, 0.29) is 24.8 Å². The Bertz CT molecular complexity index is 951. The quantitative estimate of drug-likeness (QED) is 0.483. The van der Waals surface area contributed by atoms with Gasteiger partial charge < -0.3 is 14.9 Å². The molecule has 0 radical (unpaired) electrons. The molecular weight excluding hydrogens is 446 g/mol. The van der Waals surface area contributed by atoms with E-state index in [2.05, 4.69) is 0 Å². The van der Waals surface area contributed by atoms with Gasteiger partial charge in [0.2, 0.25) is 5.78 Å². The van der Waals surface area contributed by atoms with Crippen molar-refractivity contribution in [3.05, 3.63) is 23.8 Å². The summed E-state index contributed by atoms with van der Waals surface area (Å²) < 4.78 is 37.4. The molecule has 0 aromatic carbocycles. The van der Waals surface area contributed by atoms with E-state index >= 15 is 8.78 Å². The van der Waals surface area contributed by atoms with Gasteiger partial charge in [0.05, 0.1) is 11.5 Å². The van der Waals surface area contributed by atoms with Crippen molar-refractivity contribution < 1.29 is 38.1 Å². The van der Waals surface area contributed by atoms with Crippen molar-refractivity contribution in [1.29, 1.82) is 0 Å². The molecule has 9 heteroatoms. The van der Waals surface area contributed by atoms with Gasteiger partial charge in [-0.15, -0.1) is 11.6 Å². The van der Waals surface area contributed by atoms with E-state index in [1.807, 2.05) is 0 Å². The number of fused-ring (bicyclic) bond motifs is 5. The van der Waals surface area contributed by atoms with Gasteiger partial charge in [0, 0.05) is 23.7 Å². The highest BCUT2D eigenvalue weighted by Crippen LogP contribution is 2.70. The second kappa shape index (κ2) is 7.18. The average Bonchev–Trinajstić information content (AvgIpc) is 2.98. The maximum absolute atomic E-state index is 17.1. The highest BCUT2D eigenvalue weighted by Gasteiger charge is 2.77. The third-order valence-corrected chi connectivity index (χ3v) is 9.16. The third-order valence-electron chi connectivity index (χ3n) is 8.66. The number of carbonyl (C=O) groups is 3. The van der Waals surface area contributed by atoms with Crippen LogP contribution in [0.3, 0.4) is 0 Å². The minimum atomic E-state index is -2.42. The number of carbonyl (C=O) groups excluding carboxylic acids is 3. The summed E-state index contributed by atoms with van der Waals surface area (Å²) in [6, 6.07) is 0. The van der Waals surface area contributed by atoms with E-state index in [1.165, 1.54) is 13.0 Å². The van der Waals surface area contributed by atoms with Crippen molar-refractivity contribution in [3.63, 3.8) is 0 Å². The minimum Gasteiger partial charge on any atom is -0.458 e. The highest BCUT2D eigenvalue weighted by molar-refractivity contribution is 6.22. The molecule has 32 heavy (non-hydrogen) atoms. The predicted molar refractivity (Wildman–Crippen MR) is 110 cm³/mol. The van der Waals surface area contributed by atoms with Gasteiger partial charge in [0.15, 0.2) is 18.1 Å². The molecule has 4 aliphatic carbocycles. The number of halogens is 3. The Kier molecular flexibility index (Phi) is 5.27. The van der Waals surface area contributed by atoms with E-state index in [1.54, 1.807) is 6.92 Å². The molecular formula is C23H27ClF2O6. The smallest absolute Gasteiger partial charge is 0.303 e. The molecule has 0 aromatic rings. The number of hydrogen-bond acceptors (Lipinski definition) is 6. The first-order valence-electron chi connectivity index (χ1n) is 10.7. The predicted octanol–water partition coefficient (Wildman–Crippen LogP) is 2.39. The zero-order chi connectivity index (χ0) is 23.9. The molecule has 0 bridgehead atoms. The monoisotopic (exact) mass is 472 g/mol. The van der Waals surface area contributed by atoms with Crippen LogP contribution < -0.4 is 0 Å². The topological polar surface area (TPSA) is 101 Å². The molecule has 0 spiro atoms. The molecule has 0 heterocycles. The van der Waals surface area contributed by atoms with Gasteiger partial charge in [-0.2, -0.15) is 0 Å². The van der Waals surface area contributed by atoms with E-state index in [0.29, 0.717) is 0 Å². The SMILES string of the molecule is CC(=O)OCC(=O)[C@@]1(O)CC[C@H]2[C@@H]3[C@H](Cl)[C@@H](F)C4=CC(=O)C=C[C@]4(C)[C@@]3(F)[C@@H](O)C[C@@]21C. The Balaban J connectivity index is 1.80. The summed E-state index contributed by atoms with van der Waals surface area (Å²) in [4.78, 5) is 35.9. The summed E-state index contributed by atoms with van der Waals surface area (Å²) in [6.45, 7) is 3.50. The third kappa shape index (κ3) is 2.72. The van der Waals surface area contributed by atoms with Crippen LogP contribution in [0, 0.1) is 22.7 Å². The van der Waals surface area contributed by atoms with Crippen LogP contribution in [-0.2, 0) is 19.1 Å². The number of aliphatic hydroxyl groups excluding tert-OH is 1. The first-order chi connectivity index (χ1) is 14.7. The number of ketones is 2. The first kappa shape index (κ1) is 23.5. The van der Waals surface area contributed by atoms with Crippen molar-refractivity contribution >= 4 is 29.1 Å². The number of esters is 1. The summed E-state index contributed by atoms with van der Waals surface area (Å²) in [5.74, 6) is -3.87. The molecule has 176 valence electrons. The molecule has 9 atom stereocenters. The first-order valence-corrected chi connectivity index (χ1v) is 11.2. The highest BCUT2D eigenvalue weighted by atomic mass is 35.5. The van der Waals surface area contributed by atoms with E-state index < -0.39 is 75.7 Å². The van der Waals surface area contributed by atoms with Gasteiger partial charge in [-0.25, -0.2) is 8.78 Å². The Morgan fingerprint density at radius 1 is 1.34 bits per heavy atom. The van der Waals surface area contributed by atoms with E-state index in [9.17, 15) is 24.6 Å². The van der Waals surface area contributed by atoms with Gasteiger partial charge >= 0.3 is 5.97 Å². The molecule has 3 fully saturated rings. The zero-order valence-electron chi connectivity index (χ0n) is 18.1. The van der Waals surface area contributed by atoms with Crippen LogP contribution in [0.25, 0.3) is 0 Å². The molecule has 0 aromatic heterocycles. The van der Waals surface area contributed by atoms with Crippen molar-refractivity contribution in [3.8, 4) is 0 Å². The lowest BCUT2D eigenvalue weighted by Crippen LogP contribution is -2.73. The average molecular weight is 473 g/mol.